The van der Waals surface area contributed by atoms with Crippen LogP contribution in [0.2, 0.25) is 0 Å². The van der Waals surface area contributed by atoms with Crippen molar-refractivity contribution in [3.8, 4) is 11.5 Å². The average Bonchev–Trinajstić information content (AvgIpc) is 2.91. The maximum absolute atomic E-state index is 13.5. The number of carboxylic acid groups (broad SMARTS) is 1. The van der Waals surface area contributed by atoms with Crippen molar-refractivity contribution in [1.29, 1.82) is 0 Å². The van der Waals surface area contributed by atoms with Gasteiger partial charge in [-0.25, -0.2) is 4.79 Å². The van der Waals surface area contributed by atoms with Crippen LogP contribution in [-0.4, -0.2) is 86.4 Å². The molecule has 5 unspecified atom stereocenters. The molecule has 9 N–H and O–H groups in total. The number of thioether (sulfide) groups is 1. The van der Waals surface area contributed by atoms with Crippen LogP contribution >= 0.6 is 11.8 Å². The van der Waals surface area contributed by atoms with Gasteiger partial charge in [0.25, 0.3) is 0 Å². The van der Waals surface area contributed by atoms with Crippen LogP contribution in [0, 0.1) is 0 Å². The van der Waals surface area contributed by atoms with Gasteiger partial charge in [-0.3, -0.25) is 14.4 Å². The van der Waals surface area contributed by atoms with Gasteiger partial charge in [-0.15, -0.1) is 0 Å². The Kier molecular flexibility index (Phi) is 12.7. The van der Waals surface area contributed by atoms with Gasteiger partial charge < -0.3 is 42.1 Å². The number of carbonyl (C=O) groups is 4. The zero-order valence-electron chi connectivity index (χ0n) is 22.2. The third kappa shape index (κ3) is 10.4. The Morgan fingerprint density at radius 3 is 1.55 bits per heavy atom. The molecule has 0 aliphatic carbocycles. The molecule has 0 saturated carbocycles. The van der Waals surface area contributed by atoms with Gasteiger partial charge in [0.15, 0.2) is 0 Å². The maximum Gasteiger partial charge on any atom is 0.326 e. The molecule has 12 nitrogen and oxygen atoms in total. The second-order valence-corrected chi connectivity index (χ2v) is 10.3. The number of carbonyl (C=O) groups excluding carboxylic acids is 3. The highest BCUT2D eigenvalue weighted by Gasteiger charge is 2.31. The lowest BCUT2D eigenvalue weighted by atomic mass is 10.0. The van der Waals surface area contributed by atoms with E-state index in [1.165, 1.54) is 43.0 Å². The van der Waals surface area contributed by atoms with Crippen molar-refractivity contribution in [3.63, 3.8) is 0 Å². The fourth-order valence-electron chi connectivity index (χ4n) is 3.68. The number of aliphatic hydroxyl groups is 1. The number of nitrogens with two attached hydrogens (primary N) is 1. The van der Waals surface area contributed by atoms with Gasteiger partial charge in [0.1, 0.15) is 35.7 Å². The molecule has 0 aliphatic rings. The highest BCUT2D eigenvalue weighted by molar-refractivity contribution is 7.98. The van der Waals surface area contributed by atoms with Gasteiger partial charge in [0.2, 0.25) is 17.7 Å². The zero-order valence-corrected chi connectivity index (χ0v) is 23.1. The minimum Gasteiger partial charge on any atom is -0.508 e. The zero-order chi connectivity index (χ0) is 29.8. The number of rotatable bonds is 15. The Balaban J connectivity index is 2.33. The van der Waals surface area contributed by atoms with Crippen LogP contribution in [-0.2, 0) is 32.0 Å². The molecule has 0 fully saturated rings. The molecule has 0 heterocycles. The van der Waals surface area contributed by atoms with E-state index in [0.717, 1.165) is 0 Å². The molecule has 0 aromatic heterocycles. The first-order valence-corrected chi connectivity index (χ1v) is 13.9. The number of aliphatic carboxylic acids is 1. The third-order valence-corrected chi connectivity index (χ3v) is 6.71. The van der Waals surface area contributed by atoms with Gasteiger partial charge in [-0.05, 0) is 60.7 Å². The largest absolute Gasteiger partial charge is 0.508 e. The standard InChI is InChI=1S/C27H36N4O8S/c1-15(32)23(28)26(37)31-22(14-17-5-9-19(34)10-6-17)25(36)30-21(13-16-3-7-18(33)8-4-16)24(35)29-20(27(38)39)11-12-40-2/h3-10,15,20-23,32-34H,11-14,28H2,1-2H3,(H,29,35)(H,30,36)(H,31,37)(H,38,39). The highest BCUT2D eigenvalue weighted by Crippen LogP contribution is 2.14. The van der Waals surface area contributed by atoms with Crippen LogP contribution in [0.1, 0.15) is 24.5 Å². The molecule has 218 valence electrons. The Bertz CT molecular complexity index is 1140. The average molecular weight is 577 g/mol. The molecule has 0 spiro atoms. The normalized spacial score (nSPS) is 14.7. The lowest BCUT2D eigenvalue weighted by Crippen LogP contribution is -2.59. The number of nitrogens with one attached hydrogen (secondary N) is 3. The Labute approximate surface area is 236 Å². The van der Waals surface area contributed by atoms with Crippen LogP contribution < -0.4 is 21.7 Å². The number of hydrogen-bond donors (Lipinski definition) is 8. The van der Waals surface area contributed by atoms with E-state index in [0.29, 0.717) is 16.9 Å². The number of phenols is 2. The summed E-state index contributed by atoms with van der Waals surface area (Å²) in [5.41, 5.74) is 6.89. The fourth-order valence-corrected chi connectivity index (χ4v) is 4.15. The topological polar surface area (TPSA) is 211 Å². The molecule has 2 aromatic rings. The monoisotopic (exact) mass is 576 g/mol. The van der Waals surface area contributed by atoms with Crippen molar-refractivity contribution in [2.75, 3.05) is 12.0 Å². The summed E-state index contributed by atoms with van der Waals surface area (Å²) in [5, 5.41) is 46.1. The first-order valence-electron chi connectivity index (χ1n) is 12.5. The summed E-state index contributed by atoms with van der Waals surface area (Å²) in [7, 11) is 0. The van der Waals surface area contributed by atoms with E-state index >= 15 is 0 Å². The van der Waals surface area contributed by atoms with Gasteiger partial charge >= 0.3 is 5.97 Å². The molecular formula is C27H36N4O8S. The molecule has 2 aromatic carbocycles. The summed E-state index contributed by atoms with van der Waals surface area (Å²) in [4.78, 5) is 51.1. The number of benzene rings is 2. The van der Waals surface area contributed by atoms with Gasteiger partial charge in [-0.1, -0.05) is 24.3 Å². The van der Waals surface area contributed by atoms with E-state index in [1.807, 2.05) is 0 Å². The Morgan fingerprint density at radius 2 is 1.18 bits per heavy atom. The second kappa shape index (κ2) is 15.7. The number of aliphatic hydroxyl groups excluding tert-OH is 1. The van der Waals surface area contributed by atoms with E-state index in [9.17, 15) is 39.6 Å². The van der Waals surface area contributed by atoms with E-state index in [1.54, 1.807) is 30.5 Å². The smallest absolute Gasteiger partial charge is 0.326 e. The van der Waals surface area contributed by atoms with Gasteiger partial charge in [0.05, 0.1) is 6.10 Å². The van der Waals surface area contributed by atoms with Crippen LogP contribution in [0.3, 0.4) is 0 Å². The number of carboxylic acids is 1. The number of hydrogen-bond acceptors (Lipinski definition) is 9. The predicted octanol–water partition coefficient (Wildman–Crippen LogP) is -0.117. The van der Waals surface area contributed by atoms with Crippen LogP contribution in [0.25, 0.3) is 0 Å². The molecular weight excluding hydrogens is 540 g/mol. The highest BCUT2D eigenvalue weighted by atomic mass is 32.2. The molecule has 0 saturated heterocycles. The summed E-state index contributed by atoms with van der Waals surface area (Å²) < 4.78 is 0. The summed E-state index contributed by atoms with van der Waals surface area (Å²) in [6.07, 6.45) is 0.697. The van der Waals surface area contributed by atoms with Crippen LogP contribution in [0.5, 0.6) is 11.5 Å². The molecule has 5 atom stereocenters. The van der Waals surface area contributed by atoms with Crippen molar-refractivity contribution in [1.82, 2.24) is 16.0 Å². The molecule has 40 heavy (non-hydrogen) atoms. The lowest BCUT2D eigenvalue weighted by molar-refractivity contribution is -0.142. The minimum atomic E-state index is -1.32. The van der Waals surface area contributed by atoms with Crippen molar-refractivity contribution in [2.45, 2.75) is 56.5 Å². The SMILES string of the molecule is CSCCC(NC(=O)C(Cc1ccc(O)cc1)NC(=O)C(Cc1ccc(O)cc1)NC(=O)C(N)C(C)O)C(=O)O. The van der Waals surface area contributed by atoms with Crippen LogP contribution in [0.4, 0.5) is 0 Å². The summed E-state index contributed by atoms with van der Waals surface area (Å²) in [6.45, 7) is 1.33. The van der Waals surface area contributed by atoms with Crippen LogP contribution in [0.15, 0.2) is 48.5 Å². The number of amides is 3. The summed E-state index contributed by atoms with van der Waals surface area (Å²) >= 11 is 1.42. The molecule has 0 aliphatic heterocycles. The molecule has 2 rings (SSSR count). The van der Waals surface area contributed by atoms with Crippen molar-refractivity contribution < 1.29 is 39.6 Å². The Hall–Kier alpha value is -3.81. The second-order valence-electron chi connectivity index (χ2n) is 9.31. The van der Waals surface area contributed by atoms with Gasteiger partial charge in [0, 0.05) is 12.8 Å². The molecule has 0 radical (unpaired) electrons. The quantitative estimate of drug-likeness (QED) is 0.141. The maximum atomic E-state index is 13.5. The third-order valence-electron chi connectivity index (χ3n) is 6.07. The predicted molar refractivity (Wildman–Crippen MR) is 150 cm³/mol. The molecule has 0 bridgehead atoms. The summed E-state index contributed by atoms with van der Waals surface area (Å²) in [6, 6.07) is 6.90. The summed E-state index contributed by atoms with van der Waals surface area (Å²) in [5.74, 6) is -3.03. The molecule has 3 amide bonds. The minimum absolute atomic E-state index is 0.00270. The Morgan fingerprint density at radius 1 is 0.775 bits per heavy atom. The lowest BCUT2D eigenvalue weighted by Gasteiger charge is -2.26. The van der Waals surface area contributed by atoms with Gasteiger partial charge in [-0.2, -0.15) is 11.8 Å². The van der Waals surface area contributed by atoms with E-state index in [4.69, 9.17) is 5.73 Å². The van der Waals surface area contributed by atoms with E-state index in [-0.39, 0.29) is 30.8 Å². The van der Waals surface area contributed by atoms with Crippen molar-refractivity contribution in [2.24, 2.45) is 5.73 Å². The van der Waals surface area contributed by atoms with E-state index < -0.39 is 54.0 Å². The number of aromatic hydroxyl groups is 2. The number of phenolic OH excluding ortho intramolecular Hbond substituents is 2. The van der Waals surface area contributed by atoms with Crippen molar-refractivity contribution >= 4 is 35.5 Å². The first kappa shape index (κ1) is 32.4. The molecule has 13 heteroatoms. The van der Waals surface area contributed by atoms with Crippen molar-refractivity contribution in [3.05, 3.63) is 59.7 Å². The fraction of sp³-hybridized carbons (Fsp3) is 0.407. The first-order chi connectivity index (χ1) is 18.9. The van der Waals surface area contributed by atoms with E-state index in [2.05, 4.69) is 16.0 Å².